The van der Waals surface area contributed by atoms with Crippen molar-refractivity contribution in [2.45, 2.75) is 18.4 Å². The Bertz CT molecular complexity index is 942. The van der Waals surface area contributed by atoms with Crippen molar-refractivity contribution in [1.29, 1.82) is 0 Å². The number of nitrogens with two attached hydrogens (primary N) is 2. The normalized spacial score (nSPS) is 11.0. The maximum Gasteiger partial charge on any atom is 0.321 e. The Morgan fingerprint density at radius 1 is 0.765 bits per heavy atom. The lowest BCUT2D eigenvalue weighted by Gasteiger charge is -2.26. The standard InChI is InChI=1S/C20H24Cl2N8O4/c1-3-8-31-10-12-33-18-27-14(25-16(21)29-18)20(24,6-5-7-23)15-26-17(22)30-19(28-15)34-13-11-32-9-4-2/h1-2H,5-13,23-24H2. The smallest absolute Gasteiger partial charge is 0.321 e. The third-order valence-corrected chi connectivity index (χ3v) is 4.38. The molecule has 0 saturated heterocycles. The van der Waals surface area contributed by atoms with Crippen LogP contribution < -0.4 is 20.9 Å². The largest absolute Gasteiger partial charge is 0.461 e. The van der Waals surface area contributed by atoms with Crippen LogP contribution in [-0.2, 0) is 15.0 Å². The molecule has 0 unspecified atom stereocenters. The number of hydrogen-bond acceptors (Lipinski definition) is 12. The fourth-order valence-corrected chi connectivity index (χ4v) is 2.85. The van der Waals surface area contributed by atoms with E-state index >= 15 is 0 Å². The zero-order valence-electron chi connectivity index (χ0n) is 18.2. The molecule has 0 radical (unpaired) electrons. The molecule has 2 rings (SSSR count). The minimum Gasteiger partial charge on any atom is -0.461 e. The van der Waals surface area contributed by atoms with E-state index in [1.165, 1.54) is 0 Å². The van der Waals surface area contributed by atoms with E-state index in [-0.39, 0.29) is 80.3 Å². The molecule has 12 nitrogen and oxygen atoms in total. The Morgan fingerprint density at radius 3 is 1.65 bits per heavy atom. The molecular weight excluding hydrogens is 487 g/mol. The average Bonchev–Trinajstić information content (AvgIpc) is 2.81. The molecule has 0 aliphatic heterocycles. The van der Waals surface area contributed by atoms with Crippen LogP contribution in [0.5, 0.6) is 12.0 Å². The lowest BCUT2D eigenvalue weighted by atomic mass is 9.92. The summed E-state index contributed by atoms with van der Waals surface area (Å²) >= 11 is 12.2. The van der Waals surface area contributed by atoms with Crippen molar-refractivity contribution < 1.29 is 18.9 Å². The molecule has 0 saturated carbocycles. The van der Waals surface area contributed by atoms with Gasteiger partial charge in [-0.2, -0.15) is 29.9 Å². The van der Waals surface area contributed by atoms with Crippen LogP contribution in [-0.4, -0.2) is 76.1 Å². The fourth-order valence-electron chi connectivity index (χ4n) is 2.54. The number of hydrogen-bond donors (Lipinski definition) is 2. The van der Waals surface area contributed by atoms with Gasteiger partial charge in [-0.1, -0.05) is 11.8 Å². The Labute approximate surface area is 207 Å². The van der Waals surface area contributed by atoms with E-state index in [0.717, 1.165) is 0 Å². The van der Waals surface area contributed by atoms with Gasteiger partial charge in [-0.3, -0.25) is 0 Å². The topological polar surface area (TPSA) is 166 Å². The number of aromatic nitrogens is 6. The highest BCUT2D eigenvalue weighted by molar-refractivity contribution is 6.28. The molecule has 0 spiro atoms. The molecule has 34 heavy (non-hydrogen) atoms. The van der Waals surface area contributed by atoms with Crippen molar-refractivity contribution in [2.75, 3.05) is 46.2 Å². The van der Waals surface area contributed by atoms with Gasteiger partial charge in [-0.15, -0.1) is 12.8 Å². The zero-order chi connectivity index (χ0) is 24.8. The van der Waals surface area contributed by atoms with Crippen LogP contribution in [0.2, 0.25) is 10.6 Å². The highest BCUT2D eigenvalue weighted by Gasteiger charge is 2.38. The average molecular weight is 511 g/mol. The Hall–Kier alpha value is -2.84. The molecule has 2 heterocycles. The maximum atomic E-state index is 6.71. The van der Waals surface area contributed by atoms with Crippen molar-refractivity contribution in [2.24, 2.45) is 11.5 Å². The number of halogens is 2. The highest BCUT2D eigenvalue weighted by Crippen LogP contribution is 2.29. The van der Waals surface area contributed by atoms with Gasteiger partial charge < -0.3 is 30.4 Å². The minimum absolute atomic E-state index is 0.0473. The third kappa shape index (κ3) is 8.50. The van der Waals surface area contributed by atoms with Crippen LogP contribution in [0, 0.1) is 24.7 Å². The summed E-state index contributed by atoms with van der Waals surface area (Å²) in [7, 11) is 0. The van der Waals surface area contributed by atoms with E-state index in [4.69, 9.17) is 66.5 Å². The van der Waals surface area contributed by atoms with Crippen molar-refractivity contribution in [1.82, 2.24) is 29.9 Å². The predicted octanol–water partition coefficient (Wildman–Crippen LogP) is 0.362. The number of terminal acetylenes is 2. The second kappa shape index (κ2) is 14.4. The van der Waals surface area contributed by atoms with Gasteiger partial charge in [0.05, 0.1) is 13.2 Å². The van der Waals surface area contributed by atoms with E-state index in [2.05, 4.69) is 41.7 Å². The second-order valence-electron chi connectivity index (χ2n) is 6.50. The third-order valence-electron chi connectivity index (χ3n) is 4.04. The van der Waals surface area contributed by atoms with Crippen molar-refractivity contribution in [3.8, 4) is 36.7 Å². The first kappa shape index (κ1) is 27.4. The second-order valence-corrected chi connectivity index (χ2v) is 7.17. The maximum absolute atomic E-state index is 6.71. The molecule has 0 aliphatic rings. The van der Waals surface area contributed by atoms with Crippen molar-refractivity contribution in [3.63, 3.8) is 0 Å². The molecule has 0 aliphatic carbocycles. The van der Waals surface area contributed by atoms with Crippen LogP contribution in [0.4, 0.5) is 0 Å². The SMILES string of the molecule is C#CCOCCOc1nc(Cl)nc(C(N)(CCCN)c2nc(Cl)nc(OCCOCC#C)n2)n1. The molecule has 2 aromatic heterocycles. The van der Waals surface area contributed by atoms with Crippen LogP contribution in [0.15, 0.2) is 0 Å². The molecule has 4 N–H and O–H groups in total. The first-order valence-corrected chi connectivity index (χ1v) is 10.8. The van der Waals surface area contributed by atoms with Crippen molar-refractivity contribution >= 4 is 23.2 Å². The number of rotatable bonds is 15. The van der Waals surface area contributed by atoms with E-state index in [1.54, 1.807) is 0 Å². The molecule has 0 amide bonds. The van der Waals surface area contributed by atoms with Gasteiger partial charge in [0.1, 0.15) is 32.0 Å². The number of nitrogens with zero attached hydrogens (tertiary/aromatic N) is 6. The summed E-state index contributed by atoms with van der Waals surface area (Å²) in [5.41, 5.74) is 10.9. The molecule has 14 heteroatoms. The summed E-state index contributed by atoms with van der Waals surface area (Å²) in [4.78, 5) is 24.8. The van der Waals surface area contributed by atoms with E-state index in [1.807, 2.05) is 0 Å². The van der Waals surface area contributed by atoms with Gasteiger partial charge in [0.25, 0.3) is 0 Å². The van der Waals surface area contributed by atoms with Crippen molar-refractivity contribution in [3.05, 3.63) is 22.2 Å². The van der Waals surface area contributed by atoms with Crippen LogP contribution in [0.3, 0.4) is 0 Å². The first-order chi connectivity index (χ1) is 16.4. The Morgan fingerprint density at radius 2 is 1.24 bits per heavy atom. The van der Waals surface area contributed by atoms with Crippen LogP contribution in [0.25, 0.3) is 0 Å². The molecule has 0 aromatic carbocycles. The van der Waals surface area contributed by atoms with Crippen LogP contribution >= 0.6 is 23.2 Å². The van der Waals surface area contributed by atoms with Gasteiger partial charge in [-0.25, -0.2) is 0 Å². The summed E-state index contributed by atoms with van der Waals surface area (Å²) in [6.07, 6.45) is 11.0. The predicted molar refractivity (Wildman–Crippen MR) is 123 cm³/mol. The quantitative estimate of drug-likeness (QED) is 0.249. The number of ether oxygens (including phenoxy) is 4. The lowest BCUT2D eigenvalue weighted by molar-refractivity contribution is 0.119. The lowest BCUT2D eigenvalue weighted by Crippen LogP contribution is -2.42. The molecule has 0 atom stereocenters. The Balaban J connectivity index is 2.31. The molecule has 0 bridgehead atoms. The monoisotopic (exact) mass is 510 g/mol. The minimum atomic E-state index is -1.46. The van der Waals surface area contributed by atoms with Gasteiger partial charge >= 0.3 is 12.0 Å². The molecule has 2 aromatic rings. The van der Waals surface area contributed by atoms with E-state index in [0.29, 0.717) is 13.0 Å². The zero-order valence-corrected chi connectivity index (χ0v) is 19.8. The van der Waals surface area contributed by atoms with E-state index < -0.39 is 5.54 Å². The Kier molecular flexibility index (Phi) is 11.6. The highest BCUT2D eigenvalue weighted by atomic mass is 35.5. The summed E-state index contributed by atoms with van der Waals surface area (Å²) in [5, 5.41) is -0.288. The summed E-state index contributed by atoms with van der Waals surface area (Å²) in [6.45, 7) is 1.33. The van der Waals surface area contributed by atoms with E-state index in [9.17, 15) is 0 Å². The molecule has 0 fully saturated rings. The van der Waals surface area contributed by atoms with Gasteiger partial charge in [0.15, 0.2) is 11.6 Å². The summed E-state index contributed by atoms with van der Waals surface area (Å²) in [5.74, 6) is 4.80. The van der Waals surface area contributed by atoms with Gasteiger partial charge in [0.2, 0.25) is 10.6 Å². The van der Waals surface area contributed by atoms with Gasteiger partial charge in [0, 0.05) is 0 Å². The fraction of sp³-hybridized carbons (Fsp3) is 0.500. The first-order valence-electron chi connectivity index (χ1n) is 10.0. The molecular formula is C20H24Cl2N8O4. The van der Waals surface area contributed by atoms with Gasteiger partial charge in [-0.05, 0) is 42.6 Å². The molecule has 182 valence electrons. The summed E-state index contributed by atoms with van der Waals surface area (Å²) in [6, 6.07) is -0.131. The van der Waals surface area contributed by atoms with Crippen LogP contribution in [0.1, 0.15) is 24.5 Å². The summed E-state index contributed by atoms with van der Waals surface area (Å²) < 4.78 is 21.3.